The molecule has 0 radical (unpaired) electrons. The molecule has 3 fully saturated rings. The first kappa shape index (κ1) is 13.3. The van der Waals surface area contributed by atoms with Crippen molar-refractivity contribution in [2.75, 3.05) is 0 Å². The van der Waals surface area contributed by atoms with Crippen LogP contribution in [0.4, 0.5) is 0 Å². The van der Waals surface area contributed by atoms with Crippen LogP contribution in [-0.2, 0) is 19.9 Å². The smallest absolute Gasteiger partial charge is 0.0766 e. The molecule has 20 heavy (non-hydrogen) atoms. The van der Waals surface area contributed by atoms with Crippen molar-refractivity contribution in [1.29, 1.82) is 0 Å². The molecule has 3 aliphatic carbocycles. The predicted molar refractivity (Wildman–Crippen MR) is 81.3 cm³/mol. The van der Waals surface area contributed by atoms with Crippen LogP contribution in [0.15, 0.2) is 4.47 Å². The predicted octanol–water partition coefficient (Wildman–Crippen LogP) is 2.94. The average molecular weight is 339 g/mol. The fourth-order valence-corrected chi connectivity index (χ4v) is 6.06. The van der Waals surface area contributed by atoms with E-state index in [1.54, 1.807) is 0 Å². The van der Waals surface area contributed by atoms with Crippen LogP contribution >= 0.6 is 15.9 Å². The van der Waals surface area contributed by atoms with Gasteiger partial charge in [-0.15, -0.1) is 0 Å². The molecule has 110 valence electrons. The van der Waals surface area contributed by atoms with Gasteiger partial charge in [0, 0.05) is 13.5 Å². The fourth-order valence-electron chi connectivity index (χ4n) is 5.28. The number of halogens is 1. The molecule has 1 aromatic heterocycles. The molecule has 3 saturated carbocycles. The van der Waals surface area contributed by atoms with Gasteiger partial charge in [0.05, 0.1) is 22.0 Å². The Bertz CT molecular complexity index is 525. The summed E-state index contributed by atoms with van der Waals surface area (Å²) in [4.78, 5) is 0. The highest BCUT2D eigenvalue weighted by Crippen LogP contribution is 2.70. The lowest BCUT2D eigenvalue weighted by atomic mass is 9.96. The standard InChI is InChI=1S/C16H23BrN2O/c1-3-10-16(17)11(19(2)18-10)7-12(20)15-13-8-4-5-9(6-8)14(13)15/h8-9,12-15,20H,3-7H2,1-2H3. The van der Waals surface area contributed by atoms with Crippen LogP contribution in [0.25, 0.3) is 0 Å². The Morgan fingerprint density at radius 2 is 2.00 bits per heavy atom. The molecule has 1 N–H and O–H groups in total. The second kappa shape index (κ2) is 4.57. The molecular weight excluding hydrogens is 316 g/mol. The summed E-state index contributed by atoms with van der Waals surface area (Å²) in [5.41, 5.74) is 2.26. The molecule has 3 nitrogen and oxygen atoms in total. The van der Waals surface area contributed by atoms with E-state index in [0.29, 0.717) is 5.92 Å². The minimum atomic E-state index is -0.176. The van der Waals surface area contributed by atoms with Gasteiger partial charge in [0.2, 0.25) is 0 Å². The number of rotatable bonds is 4. The maximum absolute atomic E-state index is 10.7. The summed E-state index contributed by atoms with van der Waals surface area (Å²) < 4.78 is 3.05. The van der Waals surface area contributed by atoms with E-state index in [1.165, 1.54) is 19.3 Å². The molecule has 0 saturated heterocycles. The van der Waals surface area contributed by atoms with Crippen LogP contribution in [0, 0.1) is 29.6 Å². The minimum Gasteiger partial charge on any atom is -0.392 e. The molecule has 0 aromatic carbocycles. The molecule has 4 heteroatoms. The number of hydrogen-bond donors (Lipinski definition) is 1. The maximum Gasteiger partial charge on any atom is 0.0766 e. The van der Waals surface area contributed by atoms with Crippen molar-refractivity contribution in [3.05, 3.63) is 15.9 Å². The van der Waals surface area contributed by atoms with Gasteiger partial charge in [-0.25, -0.2) is 0 Å². The van der Waals surface area contributed by atoms with Crippen LogP contribution in [0.1, 0.15) is 37.6 Å². The van der Waals surface area contributed by atoms with E-state index in [0.717, 1.165) is 52.4 Å². The average Bonchev–Trinajstić information content (AvgIpc) is 2.72. The van der Waals surface area contributed by atoms with Crippen molar-refractivity contribution in [3.8, 4) is 0 Å². The third-order valence-electron chi connectivity index (χ3n) is 6.14. The van der Waals surface area contributed by atoms with E-state index in [2.05, 4.69) is 28.0 Å². The summed E-state index contributed by atoms with van der Waals surface area (Å²) in [6, 6.07) is 0. The van der Waals surface area contributed by atoms with E-state index in [-0.39, 0.29) is 6.10 Å². The lowest BCUT2D eigenvalue weighted by molar-refractivity contribution is 0.126. The zero-order valence-electron chi connectivity index (χ0n) is 12.2. The molecule has 3 aliphatic rings. The van der Waals surface area contributed by atoms with Crippen LogP contribution in [-0.4, -0.2) is 21.0 Å². The van der Waals surface area contributed by atoms with Gasteiger partial charge in [0.15, 0.2) is 0 Å². The molecule has 0 spiro atoms. The Hall–Kier alpha value is -0.350. The van der Waals surface area contributed by atoms with Crippen LogP contribution in [0.3, 0.4) is 0 Å². The Morgan fingerprint density at radius 1 is 1.35 bits per heavy atom. The van der Waals surface area contributed by atoms with Crippen LogP contribution in [0.2, 0.25) is 0 Å². The Labute approximate surface area is 128 Å². The quantitative estimate of drug-likeness (QED) is 0.916. The zero-order valence-corrected chi connectivity index (χ0v) is 13.8. The van der Waals surface area contributed by atoms with Crippen LogP contribution < -0.4 is 0 Å². The third kappa shape index (κ3) is 1.77. The molecular formula is C16H23BrN2O. The summed E-state index contributed by atoms with van der Waals surface area (Å²) in [6.07, 6.45) is 5.80. The van der Waals surface area contributed by atoms with Gasteiger partial charge in [-0.05, 0) is 71.2 Å². The van der Waals surface area contributed by atoms with E-state index < -0.39 is 0 Å². The summed E-state index contributed by atoms with van der Waals surface area (Å²) in [5.74, 6) is 4.15. The van der Waals surface area contributed by atoms with Crippen molar-refractivity contribution in [1.82, 2.24) is 9.78 Å². The molecule has 5 unspecified atom stereocenters. The fraction of sp³-hybridized carbons (Fsp3) is 0.812. The van der Waals surface area contributed by atoms with Gasteiger partial charge in [0.1, 0.15) is 0 Å². The number of fused-ring (bicyclic) bond motifs is 5. The van der Waals surface area contributed by atoms with Gasteiger partial charge in [-0.1, -0.05) is 6.92 Å². The van der Waals surface area contributed by atoms with Crippen molar-refractivity contribution in [2.24, 2.45) is 36.6 Å². The summed E-state index contributed by atoms with van der Waals surface area (Å²) >= 11 is 3.66. The number of aliphatic hydroxyl groups excluding tert-OH is 1. The number of hydrogen-bond acceptors (Lipinski definition) is 2. The van der Waals surface area contributed by atoms with E-state index in [1.807, 2.05) is 11.7 Å². The Morgan fingerprint density at radius 3 is 2.55 bits per heavy atom. The molecule has 0 aliphatic heterocycles. The Balaban J connectivity index is 1.49. The van der Waals surface area contributed by atoms with Gasteiger partial charge in [0.25, 0.3) is 0 Å². The lowest BCUT2D eigenvalue weighted by Crippen LogP contribution is -2.20. The molecule has 1 heterocycles. The second-order valence-electron chi connectivity index (χ2n) is 7.02. The lowest BCUT2D eigenvalue weighted by Gasteiger charge is -2.15. The van der Waals surface area contributed by atoms with E-state index in [4.69, 9.17) is 0 Å². The zero-order chi connectivity index (χ0) is 14.0. The summed E-state index contributed by atoms with van der Waals surface area (Å²) in [5, 5.41) is 15.2. The highest BCUT2D eigenvalue weighted by Gasteiger charge is 2.66. The normalized spacial score (nSPS) is 39.1. The van der Waals surface area contributed by atoms with E-state index in [9.17, 15) is 5.11 Å². The van der Waals surface area contributed by atoms with Crippen molar-refractivity contribution in [2.45, 2.75) is 45.1 Å². The number of aryl methyl sites for hydroxylation is 2. The monoisotopic (exact) mass is 338 g/mol. The van der Waals surface area contributed by atoms with E-state index >= 15 is 0 Å². The highest BCUT2D eigenvalue weighted by atomic mass is 79.9. The van der Waals surface area contributed by atoms with Gasteiger partial charge in [-0.3, -0.25) is 4.68 Å². The summed E-state index contributed by atoms with van der Waals surface area (Å²) in [6.45, 7) is 2.12. The topological polar surface area (TPSA) is 38.0 Å². The third-order valence-corrected chi connectivity index (χ3v) is 7.06. The second-order valence-corrected chi connectivity index (χ2v) is 7.81. The molecule has 1 aromatic rings. The summed E-state index contributed by atoms with van der Waals surface area (Å²) in [7, 11) is 1.99. The Kier molecular flexibility index (Phi) is 3.05. The molecule has 0 amide bonds. The van der Waals surface area contributed by atoms with Crippen molar-refractivity contribution in [3.63, 3.8) is 0 Å². The maximum atomic E-state index is 10.7. The highest BCUT2D eigenvalue weighted by molar-refractivity contribution is 9.10. The molecule has 4 rings (SSSR count). The van der Waals surface area contributed by atoms with Crippen molar-refractivity contribution < 1.29 is 5.11 Å². The first-order valence-electron chi connectivity index (χ1n) is 8.00. The number of nitrogens with zero attached hydrogens (tertiary/aromatic N) is 2. The molecule has 5 atom stereocenters. The van der Waals surface area contributed by atoms with Gasteiger partial charge < -0.3 is 5.11 Å². The SMILES string of the molecule is CCc1nn(C)c(CC(O)C2C3C4CCC(C4)C23)c1Br. The number of aliphatic hydroxyl groups is 1. The first-order chi connectivity index (χ1) is 9.61. The van der Waals surface area contributed by atoms with Crippen molar-refractivity contribution >= 4 is 15.9 Å². The molecule has 2 bridgehead atoms. The van der Waals surface area contributed by atoms with Gasteiger partial charge >= 0.3 is 0 Å². The largest absolute Gasteiger partial charge is 0.392 e. The minimum absolute atomic E-state index is 0.176. The van der Waals surface area contributed by atoms with Crippen LogP contribution in [0.5, 0.6) is 0 Å². The first-order valence-corrected chi connectivity index (χ1v) is 8.79. The number of aromatic nitrogens is 2. The van der Waals surface area contributed by atoms with Gasteiger partial charge in [-0.2, -0.15) is 5.10 Å².